The van der Waals surface area contributed by atoms with E-state index in [1.807, 2.05) is 11.3 Å². The Hall–Kier alpha value is -5.06. The second kappa shape index (κ2) is 14.0. The number of hydrogen-bond donors (Lipinski definition) is 0. The van der Waals surface area contributed by atoms with Gasteiger partial charge in [-0.15, -0.1) is 11.3 Å². The van der Waals surface area contributed by atoms with Crippen LogP contribution in [-0.4, -0.2) is 6.71 Å². The molecule has 0 N–H and O–H groups in total. The SMILES string of the molecule is CCc1ccc2c(c1)B1c3sc4ccc(C(C)(C)C)cc4c3N(c3ccc(C(C)(C)C)cc3)c3cccc(c31)N2c1ccc(C(C)(C)C)cc1-c1cccc2c1CCCC2. The molecule has 1 aliphatic carbocycles. The molecule has 6 aromatic carbocycles. The molecular formula is C56H59BN2S. The molecule has 0 saturated heterocycles. The Balaban J connectivity index is 1.29. The van der Waals surface area contributed by atoms with Crippen LogP contribution in [0.2, 0.25) is 0 Å². The van der Waals surface area contributed by atoms with Crippen LogP contribution >= 0.6 is 11.3 Å². The van der Waals surface area contributed by atoms with Gasteiger partial charge in [-0.25, -0.2) is 0 Å². The summed E-state index contributed by atoms with van der Waals surface area (Å²) >= 11 is 2.00. The molecule has 4 heteroatoms. The summed E-state index contributed by atoms with van der Waals surface area (Å²) in [5, 5.41) is 1.35. The Morgan fingerprint density at radius 3 is 1.92 bits per heavy atom. The van der Waals surface area contributed by atoms with E-state index in [0.29, 0.717) is 0 Å². The van der Waals surface area contributed by atoms with E-state index in [1.54, 1.807) is 0 Å². The van der Waals surface area contributed by atoms with Gasteiger partial charge in [0, 0.05) is 43.2 Å². The number of benzene rings is 6. The van der Waals surface area contributed by atoms with Crippen molar-refractivity contribution in [3.63, 3.8) is 0 Å². The summed E-state index contributed by atoms with van der Waals surface area (Å²) in [6.07, 6.45) is 5.82. The number of thiophene rings is 1. The molecule has 0 amide bonds. The zero-order valence-corrected chi connectivity index (χ0v) is 38.2. The monoisotopic (exact) mass is 802 g/mol. The molecule has 1 aromatic heterocycles. The first-order valence-corrected chi connectivity index (χ1v) is 23.2. The number of aryl methyl sites for hydroxylation is 2. The van der Waals surface area contributed by atoms with Crippen molar-refractivity contribution in [3.8, 4) is 11.1 Å². The third-order valence-electron chi connectivity index (χ3n) is 13.7. The zero-order chi connectivity index (χ0) is 41.9. The largest absolute Gasteiger partial charge is 0.311 e. The second-order valence-electron chi connectivity index (χ2n) is 20.8. The van der Waals surface area contributed by atoms with Crippen molar-refractivity contribution in [2.24, 2.45) is 0 Å². The fraction of sp³-hybridized carbons (Fsp3) is 0.321. The van der Waals surface area contributed by atoms with Gasteiger partial charge in [0.15, 0.2) is 0 Å². The third-order valence-corrected chi connectivity index (χ3v) is 14.9. The minimum absolute atomic E-state index is 0.0163. The van der Waals surface area contributed by atoms with Crippen LogP contribution in [0.25, 0.3) is 21.2 Å². The molecule has 0 spiro atoms. The van der Waals surface area contributed by atoms with E-state index >= 15 is 0 Å². The van der Waals surface area contributed by atoms with Crippen LogP contribution in [0.5, 0.6) is 0 Å². The lowest BCUT2D eigenvalue weighted by Crippen LogP contribution is -2.60. The zero-order valence-electron chi connectivity index (χ0n) is 37.4. The van der Waals surface area contributed by atoms with Crippen molar-refractivity contribution >= 4 is 78.0 Å². The van der Waals surface area contributed by atoms with E-state index < -0.39 is 0 Å². The summed E-state index contributed by atoms with van der Waals surface area (Å²) in [5.41, 5.74) is 21.8. The summed E-state index contributed by atoms with van der Waals surface area (Å²) in [6, 6.07) is 45.6. The molecule has 3 heterocycles. The summed E-state index contributed by atoms with van der Waals surface area (Å²) < 4.78 is 2.79. The van der Waals surface area contributed by atoms with E-state index in [-0.39, 0.29) is 23.0 Å². The number of hydrogen-bond acceptors (Lipinski definition) is 3. The van der Waals surface area contributed by atoms with Crippen molar-refractivity contribution in [3.05, 3.63) is 149 Å². The standard InChI is InChI=1S/C56H59BN2S/c1-11-35-22-29-47-45(32-35)57-51-48(58(40-27-23-37(24-28-40)54(2,3)4)52-44-34-39(56(8,9)10)26-31-50(44)60-53(52)57)20-15-21-49(51)59(47)46-30-25-38(55(5,6)7)33-43(46)42-19-14-17-36-16-12-13-18-41(36)42/h14-15,17,19-34H,11-13,16,18H2,1-10H3. The fourth-order valence-electron chi connectivity index (χ4n) is 10.2. The molecule has 302 valence electrons. The highest BCUT2D eigenvalue weighted by Crippen LogP contribution is 2.50. The molecule has 7 aromatic rings. The third kappa shape index (κ3) is 6.27. The molecule has 0 saturated carbocycles. The smallest absolute Gasteiger partial charge is 0.264 e. The highest BCUT2D eigenvalue weighted by atomic mass is 32.1. The average molecular weight is 803 g/mol. The van der Waals surface area contributed by atoms with Gasteiger partial charge in [-0.1, -0.05) is 130 Å². The first-order valence-electron chi connectivity index (χ1n) is 22.4. The first kappa shape index (κ1) is 39.1. The molecule has 0 fully saturated rings. The minimum atomic E-state index is 0.0163. The molecule has 0 radical (unpaired) electrons. The van der Waals surface area contributed by atoms with Gasteiger partial charge in [0.1, 0.15) is 0 Å². The molecule has 2 nitrogen and oxygen atoms in total. The summed E-state index contributed by atoms with van der Waals surface area (Å²) in [6.45, 7) is 23.4. The lowest BCUT2D eigenvalue weighted by molar-refractivity contribution is 0.590. The quantitative estimate of drug-likeness (QED) is 0.164. The van der Waals surface area contributed by atoms with Gasteiger partial charge in [-0.3, -0.25) is 0 Å². The number of nitrogens with zero attached hydrogens (tertiary/aromatic N) is 2. The van der Waals surface area contributed by atoms with E-state index in [9.17, 15) is 0 Å². The molecule has 60 heavy (non-hydrogen) atoms. The van der Waals surface area contributed by atoms with E-state index in [1.165, 1.54) is 124 Å². The summed E-state index contributed by atoms with van der Waals surface area (Å²) in [4.78, 5) is 5.26. The highest BCUT2D eigenvalue weighted by Gasteiger charge is 2.45. The predicted octanol–water partition coefficient (Wildman–Crippen LogP) is 14.0. The van der Waals surface area contributed by atoms with Gasteiger partial charge in [-0.05, 0) is 153 Å². The van der Waals surface area contributed by atoms with Crippen LogP contribution in [0.15, 0.2) is 115 Å². The minimum Gasteiger partial charge on any atom is -0.311 e. The van der Waals surface area contributed by atoms with Crippen molar-refractivity contribution in [2.45, 2.75) is 118 Å². The molecule has 0 atom stereocenters. The summed E-state index contributed by atoms with van der Waals surface area (Å²) in [7, 11) is 0. The Morgan fingerprint density at radius 1 is 0.567 bits per heavy atom. The molecule has 2 aliphatic heterocycles. The molecule has 0 bridgehead atoms. The van der Waals surface area contributed by atoms with Gasteiger partial charge in [0.05, 0.1) is 11.4 Å². The predicted molar refractivity (Wildman–Crippen MR) is 263 cm³/mol. The Kier molecular flexibility index (Phi) is 9.12. The topological polar surface area (TPSA) is 6.48 Å². The van der Waals surface area contributed by atoms with Crippen LogP contribution in [0, 0.1) is 0 Å². The van der Waals surface area contributed by atoms with Crippen LogP contribution in [0.1, 0.15) is 115 Å². The van der Waals surface area contributed by atoms with Crippen molar-refractivity contribution < 1.29 is 0 Å². The van der Waals surface area contributed by atoms with Gasteiger partial charge in [0.2, 0.25) is 0 Å². The van der Waals surface area contributed by atoms with Crippen LogP contribution in [0.4, 0.5) is 34.1 Å². The maximum atomic E-state index is 2.64. The van der Waals surface area contributed by atoms with Crippen LogP contribution in [0.3, 0.4) is 0 Å². The van der Waals surface area contributed by atoms with E-state index in [2.05, 4.69) is 194 Å². The lowest BCUT2D eigenvalue weighted by Gasteiger charge is -2.44. The van der Waals surface area contributed by atoms with Gasteiger partial charge in [0.25, 0.3) is 6.71 Å². The second-order valence-corrected chi connectivity index (χ2v) is 21.8. The van der Waals surface area contributed by atoms with Crippen LogP contribution in [-0.2, 0) is 35.5 Å². The maximum Gasteiger partial charge on any atom is 0.264 e. The lowest BCUT2D eigenvalue weighted by atomic mass is 9.36. The Bertz CT molecular complexity index is 2820. The normalized spacial score (nSPS) is 14.9. The van der Waals surface area contributed by atoms with Crippen molar-refractivity contribution in [1.82, 2.24) is 0 Å². The Morgan fingerprint density at radius 2 is 1.20 bits per heavy atom. The fourth-order valence-corrected chi connectivity index (χ4v) is 11.5. The molecule has 10 rings (SSSR count). The average Bonchev–Trinajstić information content (AvgIpc) is 3.61. The van der Waals surface area contributed by atoms with E-state index in [0.717, 1.165) is 12.8 Å². The van der Waals surface area contributed by atoms with Gasteiger partial charge in [-0.2, -0.15) is 0 Å². The van der Waals surface area contributed by atoms with Gasteiger partial charge < -0.3 is 9.80 Å². The molecular weight excluding hydrogens is 744 g/mol. The molecule has 3 aliphatic rings. The number of fused-ring (bicyclic) bond motifs is 7. The molecule has 0 unspecified atom stereocenters. The Labute approximate surface area is 363 Å². The van der Waals surface area contributed by atoms with Crippen molar-refractivity contribution in [2.75, 3.05) is 9.80 Å². The van der Waals surface area contributed by atoms with E-state index in [4.69, 9.17) is 0 Å². The number of rotatable bonds is 4. The number of anilines is 6. The maximum absolute atomic E-state index is 2.64. The highest BCUT2D eigenvalue weighted by molar-refractivity contribution is 7.33. The first-order chi connectivity index (χ1) is 28.6. The van der Waals surface area contributed by atoms with Crippen molar-refractivity contribution in [1.29, 1.82) is 0 Å². The van der Waals surface area contributed by atoms with Crippen LogP contribution < -0.4 is 25.5 Å². The summed E-state index contributed by atoms with van der Waals surface area (Å²) in [5.74, 6) is 0. The van der Waals surface area contributed by atoms with Gasteiger partial charge >= 0.3 is 0 Å².